The summed E-state index contributed by atoms with van der Waals surface area (Å²) in [6.07, 6.45) is 1.32. The minimum atomic E-state index is -1.07. The molecule has 0 aliphatic heterocycles. The van der Waals surface area contributed by atoms with Crippen LogP contribution in [0.5, 0.6) is 0 Å². The van der Waals surface area contributed by atoms with Gasteiger partial charge < -0.3 is 9.47 Å². The summed E-state index contributed by atoms with van der Waals surface area (Å²) >= 11 is 0. The topological polar surface area (TPSA) is 82.0 Å². The van der Waals surface area contributed by atoms with E-state index in [9.17, 15) is 14.4 Å². The van der Waals surface area contributed by atoms with Crippen LogP contribution in [0.3, 0.4) is 0 Å². The summed E-state index contributed by atoms with van der Waals surface area (Å²) in [5.74, 6) is -1.15. The van der Waals surface area contributed by atoms with Crippen LogP contribution in [0, 0.1) is 0 Å². The number of hydrogen-bond acceptors (Lipinski definition) is 6. The number of carbonyl (C=O) groups is 2. The van der Waals surface area contributed by atoms with Crippen LogP contribution in [-0.4, -0.2) is 24.1 Å². The zero-order valence-corrected chi connectivity index (χ0v) is 14.2. The van der Waals surface area contributed by atoms with Crippen molar-refractivity contribution in [3.63, 3.8) is 0 Å². The zero-order valence-electron chi connectivity index (χ0n) is 14.2. The molecule has 134 valence electrons. The summed E-state index contributed by atoms with van der Waals surface area (Å²) in [4.78, 5) is 37.8. The molecule has 0 fully saturated rings. The van der Waals surface area contributed by atoms with Crippen LogP contribution in [0.15, 0.2) is 65.7 Å². The van der Waals surface area contributed by atoms with Crippen molar-refractivity contribution in [1.82, 2.24) is 0 Å². The van der Waals surface area contributed by atoms with Gasteiger partial charge in [0.2, 0.25) is 6.08 Å². The lowest BCUT2D eigenvalue weighted by Crippen LogP contribution is -2.23. The molecule has 2 aromatic carbocycles. The first-order valence-corrected chi connectivity index (χ1v) is 8.16. The summed E-state index contributed by atoms with van der Waals surface area (Å²) in [5, 5.41) is 0. The highest BCUT2D eigenvalue weighted by molar-refractivity contribution is 5.78. The lowest BCUT2D eigenvalue weighted by atomic mass is 10.1. The van der Waals surface area contributed by atoms with Crippen LogP contribution < -0.4 is 0 Å². The Bertz CT molecular complexity index is 754. The Balaban J connectivity index is 1.78. The highest BCUT2D eigenvalue weighted by atomic mass is 16.5. The van der Waals surface area contributed by atoms with Crippen LogP contribution in [0.2, 0.25) is 0 Å². The first kappa shape index (κ1) is 19.1. The lowest BCUT2D eigenvalue weighted by molar-refractivity contribution is -0.148. The number of carbonyl (C=O) groups excluding carboxylic acids is 3. The molecule has 0 saturated carbocycles. The van der Waals surface area contributed by atoms with Crippen molar-refractivity contribution >= 4 is 18.0 Å². The average molecular weight is 353 g/mol. The highest BCUT2D eigenvalue weighted by Gasteiger charge is 2.21. The van der Waals surface area contributed by atoms with Gasteiger partial charge in [-0.3, -0.25) is 4.79 Å². The fraction of sp³-hybridized carbons (Fsp3) is 0.250. The molecule has 2 aromatic rings. The predicted molar refractivity (Wildman–Crippen MR) is 93.6 cm³/mol. The van der Waals surface area contributed by atoms with E-state index in [1.165, 1.54) is 6.08 Å². The number of esters is 2. The summed E-state index contributed by atoms with van der Waals surface area (Å²) in [7, 11) is 0. The van der Waals surface area contributed by atoms with Gasteiger partial charge in [0.05, 0.1) is 0 Å². The molecule has 0 radical (unpaired) electrons. The Labute approximate surface area is 151 Å². The van der Waals surface area contributed by atoms with Crippen molar-refractivity contribution in [3.8, 4) is 0 Å². The van der Waals surface area contributed by atoms with E-state index in [1.54, 1.807) is 0 Å². The van der Waals surface area contributed by atoms with Crippen molar-refractivity contribution < 1.29 is 23.9 Å². The maximum atomic E-state index is 12.1. The molecular formula is C20H19NO5. The van der Waals surface area contributed by atoms with Crippen molar-refractivity contribution in [2.24, 2.45) is 4.99 Å². The number of nitrogens with zero attached hydrogens (tertiary/aromatic N) is 1. The standard InChI is InChI=1S/C20H19NO5/c22-15-21-18(20(24)26-14-17-9-5-2-6-10-17)11-12-19(23)25-13-16-7-3-1-4-8-16/h1-10,18H,11-14H2/t18-/m1/s1. The molecule has 6 nitrogen and oxygen atoms in total. The second-order valence-electron chi connectivity index (χ2n) is 5.51. The van der Waals surface area contributed by atoms with E-state index in [4.69, 9.17) is 9.47 Å². The van der Waals surface area contributed by atoms with E-state index >= 15 is 0 Å². The van der Waals surface area contributed by atoms with E-state index in [2.05, 4.69) is 4.99 Å². The largest absolute Gasteiger partial charge is 0.461 e. The third kappa shape index (κ3) is 6.71. The Morgan fingerprint density at radius 3 is 1.96 bits per heavy atom. The molecule has 0 saturated heterocycles. The average Bonchev–Trinajstić information content (AvgIpc) is 2.69. The summed E-state index contributed by atoms with van der Waals surface area (Å²) < 4.78 is 10.3. The van der Waals surface area contributed by atoms with E-state index in [0.29, 0.717) is 0 Å². The lowest BCUT2D eigenvalue weighted by Gasteiger charge is -2.11. The van der Waals surface area contributed by atoms with E-state index in [-0.39, 0.29) is 26.1 Å². The molecule has 0 spiro atoms. The SMILES string of the molecule is O=C=N[C@H](CCC(=O)OCc1ccccc1)C(=O)OCc1ccccc1. The third-order valence-corrected chi connectivity index (χ3v) is 3.57. The molecule has 0 heterocycles. The summed E-state index contributed by atoms with van der Waals surface area (Å²) in [6.45, 7) is 0.225. The maximum Gasteiger partial charge on any atom is 0.332 e. The zero-order chi connectivity index (χ0) is 18.6. The minimum Gasteiger partial charge on any atom is -0.461 e. The second kappa shape index (κ2) is 10.6. The van der Waals surface area contributed by atoms with Gasteiger partial charge in [0.15, 0.2) is 6.04 Å². The molecule has 0 aliphatic rings. The Kier molecular flexibility index (Phi) is 7.77. The van der Waals surface area contributed by atoms with Gasteiger partial charge in [-0.15, -0.1) is 0 Å². The molecular weight excluding hydrogens is 334 g/mol. The van der Waals surface area contributed by atoms with Crippen LogP contribution in [0.4, 0.5) is 0 Å². The van der Waals surface area contributed by atoms with Gasteiger partial charge in [-0.1, -0.05) is 60.7 Å². The molecule has 0 unspecified atom stereocenters. The van der Waals surface area contributed by atoms with Crippen LogP contribution in [0.1, 0.15) is 24.0 Å². The summed E-state index contributed by atoms with van der Waals surface area (Å²) in [6, 6.07) is 17.3. The number of ether oxygens (including phenoxy) is 2. The molecule has 0 aliphatic carbocycles. The van der Waals surface area contributed by atoms with Crippen molar-refractivity contribution in [3.05, 3.63) is 71.8 Å². The monoisotopic (exact) mass is 353 g/mol. The van der Waals surface area contributed by atoms with Crippen molar-refractivity contribution in [2.45, 2.75) is 32.1 Å². The quantitative estimate of drug-likeness (QED) is 0.393. The smallest absolute Gasteiger partial charge is 0.332 e. The normalized spacial score (nSPS) is 11.1. The molecule has 0 amide bonds. The first-order valence-electron chi connectivity index (χ1n) is 8.16. The first-order chi connectivity index (χ1) is 12.7. The predicted octanol–water partition coefficient (Wildman–Crippen LogP) is 2.96. The van der Waals surface area contributed by atoms with Gasteiger partial charge in [0, 0.05) is 6.42 Å². The molecule has 2 rings (SSSR count). The third-order valence-electron chi connectivity index (χ3n) is 3.57. The van der Waals surface area contributed by atoms with Crippen LogP contribution >= 0.6 is 0 Å². The van der Waals surface area contributed by atoms with Gasteiger partial charge in [-0.05, 0) is 17.5 Å². The fourth-order valence-electron chi connectivity index (χ4n) is 2.19. The molecule has 0 bridgehead atoms. The number of isocyanates is 1. The van der Waals surface area contributed by atoms with Gasteiger partial charge in [0.1, 0.15) is 13.2 Å². The number of hydrogen-bond donors (Lipinski definition) is 0. The van der Waals surface area contributed by atoms with Crippen LogP contribution in [-0.2, 0) is 37.1 Å². The van der Waals surface area contributed by atoms with Gasteiger partial charge in [0.25, 0.3) is 0 Å². The molecule has 26 heavy (non-hydrogen) atoms. The molecule has 6 heteroatoms. The molecule has 0 aromatic heterocycles. The molecule has 0 N–H and O–H groups in total. The fourth-order valence-corrected chi connectivity index (χ4v) is 2.19. The number of rotatable bonds is 9. The Morgan fingerprint density at radius 1 is 0.885 bits per heavy atom. The maximum absolute atomic E-state index is 12.1. The Morgan fingerprint density at radius 2 is 1.42 bits per heavy atom. The number of benzene rings is 2. The minimum absolute atomic E-state index is 0.0243. The van der Waals surface area contributed by atoms with Gasteiger partial charge in [-0.25, -0.2) is 9.59 Å². The number of aliphatic imine (C=N–C) groups is 1. The van der Waals surface area contributed by atoms with Crippen molar-refractivity contribution in [1.29, 1.82) is 0 Å². The van der Waals surface area contributed by atoms with Gasteiger partial charge >= 0.3 is 11.9 Å². The molecule has 1 atom stereocenters. The van der Waals surface area contributed by atoms with E-state index < -0.39 is 18.0 Å². The van der Waals surface area contributed by atoms with Crippen molar-refractivity contribution in [2.75, 3.05) is 0 Å². The van der Waals surface area contributed by atoms with Gasteiger partial charge in [-0.2, -0.15) is 4.99 Å². The van der Waals surface area contributed by atoms with E-state index in [1.807, 2.05) is 60.7 Å². The summed E-state index contributed by atoms with van der Waals surface area (Å²) in [5.41, 5.74) is 1.68. The Hall–Kier alpha value is -3.24. The highest BCUT2D eigenvalue weighted by Crippen LogP contribution is 2.09. The van der Waals surface area contributed by atoms with Crippen LogP contribution in [0.25, 0.3) is 0 Å². The van der Waals surface area contributed by atoms with E-state index in [0.717, 1.165) is 11.1 Å². The second-order valence-corrected chi connectivity index (χ2v) is 5.51.